The SMILES string of the molecule is COc1nc(N(C)C)sc1CNCC1CCN(C2CC2)C1. The predicted octanol–water partition coefficient (Wildman–Crippen LogP) is 1.79. The van der Waals surface area contributed by atoms with E-state index in [2.05, 4.69) is 15.2 Å². The fourth-order valence-electron chi connectivity index (χ4n) is 2.98. The van der Waals surface area contributed by atoms with Crippen LogP contribution in [-0.4, -0.2) is 56.8 Å². The molecular weight excluding hydrogens is 284 g/mol. The van der Waals surface area contributed by atoms with Crippen molar-refractivity contribution < 1.29 is 4.74 Å². The Morgan fingerprint density at radius 3 is 2.86 bits per heavy atom. The van der Waals surface area contributed by atoms with Gasteiger partial charge in [0.2, 0.25) is 5.88 Å². The van der Waals surface area contributed by atoms with E-state index >= 15 is 0 Å². The van der Waals surface area contributed by atoms with E-state index in [-0.39, 0.29) is 0 Å². The van der Waals surface area contributed by atoms with Crippen LogP contribution < -0.4 is 15.0 Å². The number of hydrogen-bond donors (Lipinski definition) is 1. The van der Waals surface area contributed by atoms with Crippen LogP contribution in [0.3, 0.4) is 0 Å². The summed E-state index contributed by atoms with van der Waals surface area (Å²) in [6, 6.07) is 0.916. The lowest BCUT2D eigenvalue weighted by Gasteiger charge is -2.15. The molecule has 2 heterocycles. The molecule has 0 radical (unpaired) electrons. The van der Waals surface area contributed by atoms with Crippen LogP contribution in [0.5, 0.6) is 5.88 Å². The summed E-state index contributed by atoms with van der Waals surface area (Å²) in [6.45, 7) is 4.53. The Hall–Kier alpha value is -0.850. The Morgan fingerprint density at radius 1 is 1.38 bits per heavy atom. The maximum absolute atomic E-state index is 5.38. The zero-order chi connectivity index (χ0) is 14.8. The maximum atomic E-state index is 5.38. The van der Waals surface area contributed by atoms with Gasteiger partial charge in [-0.2, -0.15) is 4.98 Å². The van der Waals surface area contributed by atoms with Gasteiger partial charge in [0.15, 0.2) is 5.13 Å². The molecule has 118 valence electrons. The molecule has 5 nitrogen and oxygen atoms in total. The van der Waals surface area contributed by atoms with Crippen molar-refractivity contribution in [1.82, 2.24) is 15.2 Å². The molecule has 1 N–H and O–H groups in total. The minimum atomic E-state index is 0.766. The highest BCUT2D eigenvalue weighted by Gasteiger charge is 2.34. The Balaban J connectivity index is 1.46. The number of rotatable bonds is 7. The molecule has 1 aromatic rings. The van der Waals surface area contributed by atoms with Crippen LogP contribution in [0.2, 0.25) is 0 Å². The number of nitrogens with zero attached hydrogens (tertiary/aromatic N) is 3. The van der Waals surface area contributed by atoms with Gasteiger partial charge in [-0.3, -0.25) is 0 Å². The quantitative estimate of drug-likeness (QED) is 0.831. The number of ether oxygens (including phenoxy) is 1. The van der Waals surface area contributed by atoms with Crippen LogP contribution in [-0.2, 0) is 6.54 Å². The van der Waals surface area contributed by atoms with Crippen molar-refractivity contribution in [3.05, 3.63) is 4.88 Å². The summed E-state index contributed by atoms with van der Waals surface area (Å²) in [5.74, 6) is 1.57. The fourth-order valence-corrected chi connectivity index (χ4v) is 3.90. The summed E-state index contributed by atoms with van der Waals surface area (Å²) in [6.07, 6.45) is 4.18. The molecule has 0 amide bonds. The second kappa shape index (κ2) is 6.50. The van der Waals surface area contributed by atoms with E-state index in [1.807, 2.05) is 19.0 Å². The summed E-state index contributed by atoms with van der Waals surface area (Å²) in [4.78, 5) is 10.4. The molecule has 1 aliphatic carbocycles. The number of thiazole rings is 1. The molecule has 2 fully saturated rings. The first-order chi connectivity index (χ1) is 10.2. The van der Waals surface area contributed by atoms with Gasteiger partial charge < -0.3 is 19.9 Å². The highest BCUT2D eigenvalue weighted by Crippen LogP contribution is 2.32. The second-order valence-corrected chi connectivity index (χ2v) is 7.40. The van der Waals surface area contributed by atoms with E-state index < -0.39 is 0 Å². The van der Waals surface area contributed by atoms with Gasteiger partial charge in [0.1, 0.15) is 0 Å². The topological polar surface area (TPSA) is 40.6 Å². The minimum absolute atomic E-state index is 0.766. The van der Waals surface area contributed by atoms with E-state index in [4.69, 9.17) is 4.74 Å². The normalized spacial score (nSPS) is 22.7. The van der Waals surface area contributed by atoms with Crippen LogP contribution >= 0.6 is 11.3 Å². The molecule has 1 aliphatic heterocycles. The number of methoxy groups -OCH3 is 1. The van der Waals surface area contributed by atoms with Crippen LogP contribution in [0.1, 0.15) is 24.1 Å². The second-order valence-electron chi connectivity index (χ2n) is 6.34. The molecule has 1 atom stereocenters. The van der Waals surface area contributed by atoms with Crippen molar-refractivity contribution in [3.8, 4) is 5.88 Å². The monoisotopic (exact) mass is 310 g/mol. The van der Waals surface area contributed by atoms with Crippen molar-refractivity contribution in [2.24, 2.45) is 5.92 Å². The van der Waals surface area contributed by atoms with Gasteiger partial charge in [-0.05, 0) is 38.3 Å². The Kier molecular flexibility index (Phi) is 4.66. The van der Waals surface area contributed by atoms with Crippen molar-refractivity contribution in [3.63, 3.8) is 0 Å². The Labute approximate surface area is 131 Å². The number of aromatic nitrogens is 1. The predicted molar refractivity (Wildman–Crippen MR) is 87.4 cm³/mol. The molecule has 2 aliphatic rings. The highest BCUT2D eigenvalue weighted by molar-refractivity contribution is 7.15. The largest absolute Gasteiger partial charge is 0.480 e. The van der Waals surface area contributed by atoms with Gasteiger partial charge in [0, 0.05) is 33.2 Å². The third-order valence-electron chi connectivity index (χ3n) is 4.33. The van der Waals surface area contributed by atoms with Crippen LogP contribution in [0.4, 0.5) is 5.13 Å². The third kappa shape index (κ3) is 3.67. The fraction of sp³-hybridized carbons (Fsp3) is 0.800. The number of likely N-dealkylation sites (tertiary alicyclic amines) is 1. The lowest BCUT2D eigenvalue weighted by molar-refractivity contribution is 0.311. The molecular formula is C15H26N4OS. The standard InChI is InChI=1S/C15H26N4OS/c1-18(2)15-17-14(20-3)13(21-15)9-16-8-11-6-7-19(10-11)12-4-5-12/h11-12,16H,4-10H2,1-3H3. The first kappa shape index (κ1) is 15.1. The summed E-state index contributed by atoms with van der Waals surface area (Å²) >= 11 is 1.71. The molecule has 1 saturated heterocycles. The van der Waals surface area contributed by atoms with Crippen molar-refractivity contribution in [1.29, 1.82) is 0 Å². The van der Waals surface area contributed by atoms with Crippen molar-refractivity contribution >= 4 is 16.5 Å². The zero-order valence-corrected chi connectivity index (χ0v) is 14.1. The average Bonchev–Trinajstić information content (AvgIpc) is 3.06. The van der Waals surface area contributed by atoms with Crippen molar-refractivity contribution in [2.45, 2.75) is 31.8 Å². The van der Waals surface area contributed by atoms with Gasteiger partial charge >= 0.3 is 0 Å². The van der Waals surface area contributed by atoms with Gasteiger partial charge in [-0.1, -0.05) is 11.3 Å². The van der Waals surface area contributed by atoms with E-state index in [0.717, 1.165) is 36.1 Å². The van der Waals surface area contributed by atoms with Gasteiger partial charge in [-0.15, -0.1) is 0 Å². The summed E-state index contributed by atoms with van der Waals surface area (Å²) in [7, 11) is 5.73. The van der Waals surface area contributed by atoms with Crippen molar-refractivity contribution in [2.75, 3.05) is 45.7 Å². The summed E-state index contributed by atoms with van der Waals surface area (Å²) < 4.78 is 5.38. The highest BCUT2D eigenvalue weighted by atomic mass is 32.1. The minimum Gasteiger partial charge on any atom is -0.480 e. The lowest BCUT2D eigenvalue weighted by atomic mass is 10.1. The molecule has 1 unspecified atom stereocenters. The lowest BCUT2D eigenvalue weighted by Crippen LogP contribution is -2.27. The number of hydrogen-bond acceptors (Lipinski definition) is 6. The van der Waals surface area contributed by atoms with E-state index in [1.54, 1.807) is 18.4 Å². The molecule has 3 rings (SSSR count). The molecule has 1 aromatic heterocycles. The molecule has 1 saturated carbocycles. The third-order valence-corrected chi connectivity index (χ3v) is 5.53. The van der Waals surface area contributed by atoms with E-state index in [9.17, 15) is 0 Å². The smallest absolute Gasteiger partial charge is 0.230 e. The van der Waals surface area contributed by atoms with E-state index in [1.165, 1.54) is 37.2 Å². The van der Waals surface area contributed by atoms with Gasteiger partial charge in [-0.25, -0.2) is 0 Å². The van der Waals surface area contributed by atoms with Gasteiger partial charge in [0.25, 0.3) is 0 Å². The molecule has 0 aromatic carbocycles. The zero-order valence-electron chi connectivity index (χ0n) is 13.3. The van der Waals surface area contributed by atoms with Crippen LogP contribution in [0.25, 0.3) is 0 Å². The molecule has 0 bridgehead atoms. The summed E-state index contributed by atoms with van der Waals surface area (Å²) in [5.41, 5.74) is 0. The van der Waals surface area contributed by atoms with E-state index in [0.29, 0.717) is 0 Å². The average molecular weight is 310 g/mol. The molecule has 6 heteroatoms. The van der Waals surface area contributed by atoms with Gasteiger partial charge in [0.05, 0.1) is 12.0 Å². The van der Waals surface area contributed by atoms with Crippen LogP contribution in [0, 0.1) is 5.92 Å². The Bertz CT molecular complexity index is 472. The number of anilines is 1. The number of nitrogens with one attached hydrogen (secondary N) is 1. The first-order valence-corrected chi connectivity index (χ1v) is 8.64. The molecule has 21 heavy (non-hydrogen) atoms. The summed E-state index contributed by atoms with van der Waals surface area (Å²) in [5, 5.41) is 4.60. The molecule has 0 spiro atoms. The van der Waals surface area contributed by atoms with Crippen LogP contribution in [0.15, 0.2) is 0 Å². The Morgan fingerprint density at radius 2 is 2.19 bits per heavy atom. The maximum Gasteiger partial charge on any atom is 0.230 e. The first-order valence-electron chi connectivity index (χ1n) is 7.83.